The number of carboxylic acid groups (broad SMARTS) is 1. The molecular formula is C6H6ClN3O3. The van der Waals surface area contributed by atoms with Gasteiger partial charge in [0.05, 0.1) is 0 Å². The molecular weight excluding hydrogens is 198 g/mol. The average Bonchev–Trinajstić information content (AvgIpc) is 2.29. The summed E-state index contributed by atoms with van der Waals surface area (Å²) in [4.78, 5) is 24.5. The third-order valence-electron chi connectivity index (χ3n) is 1.29. The Morgan fingerprint density at radius 1 is 1.69 bits per heavy atom. The number of anilines is 1. The van der Waals surface area contributed by atoms with Gasteiger partial charge in [0.15, 0.2) is 11.6 Å². The highest BCUT2D eigenvalue weighted by atomic mass is 35.5. The monoisotopic (exact) mass is 203 g/mol. The SMILES string of the molecule is Cn1cc(NC(=O)O)nc1C(=O)Cl. The van der Waals surface area contributed by atoms with Gasteiger partial charge in [0.2, 0.25) is 0 Å². The molecule has 1 heterocycles. The van der Waals surface area contributed by atoms with Crippen LogP contribution in [0.1, 0.15) is 10.6 Å². The fraction of sp³-hybridized carbons (Fsp3) is 0.167. The second kappa shape index (κ2) is 3.44. The van der Waals surface area contributed by atoms with Gasteiger partial charge < -0.3 is 9.67 Å². The van der Waals surface area contributed by atoms with Crippen LogP contribution in [0, 0.1) is 0 Å². The molecule has 0 aliphatic rings. The summed E-state index contributed by atoms with van der Waals surface area (Å²) in [6.07, 6.45) is 0.107. The van der Waals surface area contributed by atoms with Gasteiger partial charge in [0, 0.05) is 13.2 Å². The minimum Gasteiger partial charge on any atom is -0.465 e. The molecule has 0 bridgehead atoms. The molecule has 0 aliphatic heterocycles. The Labute approximate surface area is 78.1 Å². The second-order valence-electron chi connectivity index (χ2n) is 2.26. The fourth-order valence-electron chi connectivity index (χ4n) is 0.819. The molecule has 6 nitrogen and oxygen atoms in total. The van der Waals surface area contributed by atoms with Gasteiger partial charge in [0.25, 0.3) is 5.24 Å². The molecule has 7 heteroatoms. The molecule has 0 unspecified atom stereocenters. The van der Waals surface area contributed by atoms with Gasteiger partial charge in [-0.05, 0) is 11.6 Å². The highest BCUT2D eigenvalue weighted by Crippen LogP contribution is 2.08. The molecule has 13 heavy (non-hydrogen) atoms. The Balaban J connectivity index is 2.95. The largest absolute Gasteiger partial charge is 0.465 e. The number of aromatic nitrogens is 2. The lowest BCUT2D eigenvalue weighted by Crippen LogP contribution is -2.07. The van der Waals surface area contributed by atoms with E-state index in [2.05, 4.69) is 4.98 Å². The lowest BCUT2D eigenvalue weighted by molar-refractivity contribution is 0.107. The van der Waals surface area contributed by atoms with Gasteiger partial charge in [-0.3, -0.25) is 10.1 Å². The molecule has 2 N–H and O–H groups in total. The Hall–Kier alpha value is -1.56. The summed E-state index contributed by atoms with van der Waals surface area (Å²) in [5.74, 6) is 0.0596. The number of aryl methyl sites for hydroxylation is 1. The molecule has 1 rings (SSSR count). The van der Waals surface area contributed by atoms with E-state index in [0.29, 0.717) is 0 Å². The van der Waals surface area contributed by atoms with E-state index >= 15 is 0 Å². The van der Waals surface area contributed by atoms with Gasteiger partial charge in [-0.25, -0.2) is 9.78 Å². The van der Waals surface area contributed by atoms with E-state index < -0.39 is 11.3 Å². The van der Waals surface area contributed by atoms with Crippen molar-refractivity contribution in [3.63, 3.8) is 0 Å². The van der Waals surface area contributed by atoms with Crippen LogP contribution in [0.25, 0.3) is 0 Å². The number of halogens is 1. The van der Waals surface area contributed by atoms with Crippen molar-refractivity contribution < 1.29 is 14.7 Å². The van der Waals surface area contributed by atoms with E-state index in [9.17, 15) is 9.59 Å². The molecule has 0 spiro atoms. The van der Waals surface area contributed by atoms with Gasteiger partial charge in [-0.2, -0.15) is 0 Å². The molecule has 1 aromatic heterocycles. The van der Waals surface area contributed by atoms with E-state index in [-0.39, 0.29) is 11.6 Å². The van der Waals surface area contributed by atoms with E-state index in [4.69, 9.17) is 16.7 Å². The maximum atomic E-state index is 10.7. The first kappa shape index (κ1) is 9.53. The fourth-order valence-corrected chi connectivity index (χ4v) is 0.994. The van der Waals surface area contributed by atoms with Crippen molar-refractivity contribution in [3.8, 4) is 0 Å². The zero-order chi connectivity index (χ0) is 10.0. The Morgan fingerprint density at radius 2 is 2.31 bits per heavy atom. The Bertz CT molecular complexity index is 360. The van der Waals surface area contributed by atoms with Crippen molar-refractivity contribution in [2.75, 3.05) is 5.32 Å². The first-order chi connectivity index (χ1) is 6.00. The van der Waals surface area contributed by atoms with Crippen LogP contribution in [-0.2, 0) is 7.05 Å². The Morgan fingerprint density at radius 3 is 2.69 bits per heavy atom. The van der Waals surface area contributed by atoms with Gasteiger partial charge in [0.1, 0.15) is 0 Å². The van der Waals surface area contributed by atoms with Crippen molar-refractivity contribution >= 4 is 28.8 Å². The first-order valence-corrected chi connectivity index (χ1v) is 3.61. The van der Waals surface area contributed by atoms with E-state index in [0.717, 1.165) is 0 Å². The number of nitrogens with zero attached hydrogens (tertiary/aromatic N) is 2. The summed E-state index contributed by atoms with van der Waals surface area (Å²) < 4.78 is 1.33. The number of imidazole rings is 1. The summed E-state index contributed by atoms with van der Waals surface area (Å²) in [6.45, 7) is 0. The molecule has 0 atom stereocenters. The molecule has 0 aliphatic carbocycles. The van der Waals surface area contributed by atoms with Crippen molar-refractivity contribution in [2.24, 2.45) is 7.05 Å². The molecule has 1 amide bonds. The van der Waals surface area contributed by atoms with Crippen LogP contribution in [0.15, 0.2) is 6.20 Å². The predicted octanol–water partition coefficient (Wildman–Crippen LogP) is 0.889. The lowest BCUT2D eigenvalue weighted by atomic mass is 10.7. The highest BCUT2D eigenvalue weighted by Gasteiger charge is 2.11. The van der Waals surface area contributed by atoms with Crippen LogP contribution in [-0.4, -0.2) is 26.0 Å². The second-order valence-corrected chi connectivity index (χ2v) is 2.61. The van der Waals surface area contributed by atoms with E-state index in [1.165, 1.54) is 17.8 Å². The number of hydrogen-bond donors (Lipinski definition) is 2. The number of amides is 1. The molecule has 70 valence electrons. The van der Waals surface area contributed by atoms with Crippen molar-refractivity contribution in [2.45, 2.75) is 0 Å². The molecule has 1 aromatic rings. The number of nitrogens with one attached hydrogen (secondary N) is 1. The molecule has 0 saturated heterocycles. The number of rotatable bonds is 2. The van der Waals surface area contributed by atoms with Gasteiger partial charge in [-0.15, -0.1) is 0 Å². The van der Waals surface area contributed by atoms with E-state index in [1.807, 2.05) is 5.32 Å². The number of carbonyl (C=O) groups is 2. The first-order valence-electron chi connectivity index (χ1n) is 3.24. The summed E-state index contributed by atoms with van der Waals surface area (Å²) >= 11 is 5.16. The topological polar surface area (TPSA) is 84.2 Å². The van der Waals surface area contributed by atoms with E-state index in [1.54, 1.807) is 0 Å². The lowest BCUT2D eigenvalue weighted by Gasteiger charge is -1.90. The van der Waals surface area contributed by atoms with Crippen LogP contribution in [0.5, 0.6) is 0 Å². The molecule has 0 radical (unpaired) electrons. The van der Waals surface area contributed by atoms with Crippen LogP contribution >= 0.6 is 11.6 Å². The standard InChI is InChI=1S/C6H6ClN3O3/c1-10-2-3(9-6(12)13)8-5(10)4(7)11/h2,9H,1H3,(H,12,13). The Kier molecular flexibility index (Phi) is 2.52. The molecule has 0 fully saturated rings. The minimum absolute atomic E-state index is 0.00887. The number of carbonyl (C=O) groups excluding carboxylic acids is 1. The third kappa shape index (κ3) is 2.19. The summed E-state index contributed by atoms with van der Waals surface area (Å²) in [5.41, 5.74) is 0. The van der Waals surface area contributed by atoms with Gasteiger partial charge in [-0.1, -0.05) is 0 Å². The normalized spacial score (nSPS) is 9.69. The summed E-state index contributed by atoms with van der Waals surface area (Å²) in [7, 11) is 1.54. The summed E-state index contributed by atoms with van der Waals surface area (Å²) in [6, 6.07) is 0. The van der Waals surface area contributed by atoms with Crippen LogP contribution in [0.4, 0.5) is 10.6 Å². The average molecular weight is 204 g/mol. The van der Waals surface area contributed by atoms with Crippen LogP contribution in [0.2, 0.25) is 0 Å². The third-order valence-corrected chi connectivity index (χ3v) is 1.46. The maximum Gasteiger partial charge on any atom is 0.410 e. The zero-order valence-electron chi connectivity index (χ0n) is 6.61. The maximum absolute atomic E-state index is 10.7. The zero-order valence-corrected chi connectivity index (χ0v) is 7.37. The highest BCUT2D eigenvalue weighted by molar-refractivity contribution is 6.67. The van der Waals surface area contributed by atoms with Crippen LogP contribution < -0.4 is 5.32 Å². The molecule has 0 saturated carbocycles. The predicted molar refractivity (Wildman–Crippen MR) is 45.0 cm³/mol. The summed E-state index contributed by atoms with van der Waals surface area (Å²) in [5, 5.41) is 9.59. The van der Waals surface area contributed by atoms with Crippen molar-refractivity contribution in [3.05, 3.63) is 12.0 Å². The van der Waals surface area contributed by atoms with Gasteiger partial charge >= 0.3 is 6.09 Å². The van der Waals surface area contributed by atoms with Crippen LogP contribution in [0.3, 0.4) is 0 Å². The number of hydrogen-bond acceptors (Lipinski definition) is 3. The van der Waals surface area contributed by atoms with Crippen molar-refractivity contribution in [1.29, 1.82) is 0 Å². The molecule has 0 aromatic carbocycles. The smallest absolute Gasteiger partial charge is 0.410 e. The minimum atomic E-state index is -1.24. The quantitative estimate of drug-likeness (QED) is 0.699. The van der Waals surface area contributed by atoms with Crippen molar-refractivity contribution in [1.82, 2.24) is 9.55 Å².